The Kier molecular flexibility index (Phi) is 6.63. The Labute approximate surface area is 209 Å². The Hall–Kier alpha value is -2.42. The van der Waals surface area contributed by atoms with Crippen molar-refractivity contribution >= 4 is 35.1 Å². The van der Waals surface area contributed by atoms with E-state index in [9.17, 15) is 13.6 Å². The molecule has 3 aliphatic rings. The van der Waals surface area contributed by atoms with Gasteiger partial charge in [0, 0.05) is 55.7 Å². The summed E-state index contributed by atoms with van der Waals surface area (Å²) in [5, 5.41) is 2.96. The van der Waals surface area contributed by atoms with Gasteiger partial charge in [0.25, 0.3) is 11.8 Å². The molecule has 2 aliphatic heterocycles. The van der Waals surface area contributed by atoms with Gasteiger partial charge in [0.2, 0.25) is 5.95 Å². The number of thioether (sulfide) groups is 1. The molecule has 1 amide bonds. The maximum atomic E-state index is 13.6. The van der Waals surface area contributed by atoms with Crippen molar-refractivity contribution in [1.29, 1.82) is 0 Å². The standard InChI is InChI=1S/C26H33F2N5OS/c1-3-35-19-4-5-20(21(17-19)32-12-8-25(6-7-25)9-13-32)23(34)30-22-16-18(2)29-24(31-22)33-14-10-26(27,28)11-15-33/h4-5,16-17H,3,6-15H2,1-2H3,(H,29,30,31,34). The number of hydrogen-bond donors (Lipinski definition) is 1. The highest BCUT2D eigenvalue weighted by Gasteiger charge is 2.44. The number of rotatable bonds is 6. The van der Waals surface area contributed by atoms with Crippen molar-refractivity contribution < 1.29 is 13.6 Å². The average molecular weight is 502 g/mol. The first-order valence-electron chi connectivity index (χ1n) is 12.6. The number of alkyl halides is 2. The minimum atomic E-state index is -2.64. The molecular formula is C26H33F2N5OS. The molecule has 3 fully saturated rings. The number of nitrogens with one attached hydrogen (secondary N) is 1. The molecule has 0 atom stereocenters. The fourth-order valence-electron chi connectivity index (χ4n) is 5.10. The van der Waals surface area contributed by atoms with Crippen molar-refractivity contribution in [3.05, 3.63) is 35.5 Å². The molecule has 1 aliphatic carbocycles. The van der Waals surface area contributed by atoms with Gasteiger partial charge in [0.1, 0.15) is 5.82 Å². The van der Waals surface area contributed by atoms with Crippen LogP contribution in [0.15, 0.2) is 29.2 Å². The zero-order valence-corrected chi connectivity index (χ0v) is 21.3. The third-order valence-electron chi connectivity index (χ3n) is 7.51. The molecule has 5 rings (SSSR count). The predicted octanol–water partition coefficient (Wildman–Crippen LogP) is 5.77. The van der Waals surface area contributed by atoms with Gasteiger partial charge >= 0.3 is 0 Å². The molecule has 1 N–H and O–H groups in total. The van der Waals surface area contributed by atoms with Crippen LogP contribution >= 0.6 is 11.8 Å². The van der Waals surface area contributed by atoms with E-state index in [4.69, 9.17) is 0 Å². The van der Waals surface area contributed by atoms with E-state index in [0.717, 1.165) is 29.4 Å². The van der Waals surface area contributed by atoms with E-state index >= 15 is 0 Å². The zero-order valence-electron chi connectivity index (χ0n) is 20.4. The topological polar surface area (TPSA) is 61.4 Å². The number of amides is 1. The lowest BCUT2D eigenvalue weighted by molar-refractivity contribution is -0.0222. The van der Waals surface area contributed by atoms with Crippen molar-refractivity contribution in [3.8, 4) is 0 Å². The van der Waals surface area contributed by atoms with Crippen LogP contribution in [0.25, 0.3) is 0 Å². The molecule has 9 heteroatoms. The molecule has 6 nitrogen and oxygen atoms in total. The molecule has 2 saturated heterocycles. The number of carbonyl (C=O) groups excluding carboxylic acids is 1. The van der Waals surface area contributed by atoms with Gasteiger partial charge in [0.15, 0.2) is 0 Å². The van der Waals surface area contributed by atoms with Crippen LogP contribution in [0, 0.1) is 12.3 Å². The van der Waals surface area contributed by atoms with E-state index in [1.807, 2.05) is 19.1 Å². The molecule has 188 valence electrons. The van der Waals surface area contributed by atoms with Crippen molar-refractivity contribution in [2.75, 3.05) is 47.0 Å². The molecule has 3 heterocycles. The summed E-state index contributed by atoms with van der Waals surface area (Å²) in [5.74, 6) is -1.10. The Morgan fingerprint density at radius 3 is 2.34 bits per heavy atom. The second-order valence-corrected chi connectivity index (χ2v) is 11.4. The van der Waals surface area contributed by atoms with Crippen LogP contribution in [0.1, 0.15) is 61.5 Å². The van der Waals surface area contributed by atoms with E-state index in [-0.39, 0.29) is 31.8 Å². The molecule has 1 aromatic carbocycles. The second kappa shape index (κ2) is 9.56. The van der Waals surface area contributed by atoms with Crippen LogP contribution < -0.4 is 15.1 Å². The minimum Gasteiger partial charge on any atom is -0.371 e. The lowest BCUT2D eigenvalue weighted by atomic mass is 9.93. The first-order chi connectivity index (χ1) is 16.8. The van der Waals surface area contributed by atoms with Gasteiger partial charge in [0.05, 0.1) is 11.3 Å². The van der Waals surface area contributed by atoms with Crippen LogP contribution in [0.5, 0.6) is 0 Å². The Bertz CT molecular complexity index is 1090. The number of benzene rings is 1. The molecule has 1 saturated carbocycles. The fourth-order valence-corrected chi connectivity index (χ4v) is 5.79. The highest BCUT2D eigenvalue weighted by atomic mass is 32.2. The largest absolute Gasteiger partial charge is 0.371 e. The fraction of sp³-hybridized carbons (Fsp3) is 0.577. The van der Waals surface area contributed by atoms with Gasteiger partial charge in [-0.3, -0.25) is 4.79 Å². The molecule has 35 heavy (non-hydrogen) atoms. The normalized spacial score (nSPS) is 20.7. The highest BCUT2D eigenvalue weighted by molar-refractivity contribution is 7.99. The molecular weight excluding hydrogens is 468 g/mol. The Morgan fingerprint density at radius 2 is 1.69 bits per heavy atom. The molecule has 0 bridgehead atoms. The molecule has 1 spiro atoms. The van der Waals surface area contributed by atoms with Crippen LogP contribution in [0.3, 0.4) is 0 Å². The van der Waals surface area contributed by atoms with Crippen LogP contribution in [-0.4, -0.2) is 53.7 Å². The highest BCUT2D eigenvalue weighted by Crippen LogP contribution is 2.54. The third-order valence-corrected chi connectivity index (χ3v) is 8.38. The number of nitrogens with zero attached hydrogens (tertiary/aromatic N) is 4. The Balaban J connectivity index is 1.36. The molecule has 2 aromatic rings. The van der Waals surface area contributed by atoms with Gasteiger partial charge in [-0.25, -0.2) is 13.8 Å². The van der Waals surface area contributed by atoms with Crippen molar-refractivity contribution in [3.63, 3.8) is 0 Å². The minimum absolute atomic E-state index is 0.195. The number of piperidine rings is 2. The quantitative estimate of drug-likeness (QED) is 0.508. The maximum Gasteiger partial charge on any atom is 0.258 e. The summed E-state index contributed by atoms with van der Waals surface area (Å²) in [6.07, 6.45) is 4.61. The van der Waals surface area contributed by atoms with Crippen LogP contribution in [0.4, 0.5) is 26.2 Å². The molecule has 0 radical (unpaired) electrons. The maximum absolute atomic E-state index is 13.6. The number of halogens is 2. The summed E-state index contributed by atoms with van der Waals surface area (Å²) in [6, 6.07) is 7.77. The smallest absolute Gasteiger partial charge is 0.258 e. The van der Waals surface area contributed by atoms with E-state index in [1.165, 1.54) is 25.7 Å². The van der Waals surface area contributed by atoms with Crippen molar-refractivity contribution in [2.24, 2.45) is 5.41 Å². The monoisotopic (exact) mass is 501 g/mol. The van der Waals surface area contributed by atoms with Crippen molar-refractivity contribution in [1.82, 2.24) is 9.97 Å². The first-order valence-corrected chi connectivity index (χ1v) is 13.6. The zero-order chi connectivity index (χ0) is 24.6. The van der Waals surface area contributed by atoms with Crippen LogP contribution in [-0.2, 0) is 0 Å². The predicted molar refractivity (Wildman–Crippen MR) is 137 cm³/mol. The summed E-state index contributed by atoms with van der Waals surface area (Å²) in [4.78, 5) is 27.7. The summed E-state index contributed by atoms with van der Waals surface area (Å²) in [6.45, 7) is 6.28. The lowest BCUT2D eigenvalue weighted by Crippen LogP contribution is -2.40. The molecule has 0 unspecified atom stereocenters. The number of anilines is 3. The average Bonchev–Trinajstić information content (AvgIpc) is 3.58. The summed E-state index contributed by atoms with van der Waals surface area (Å²) >= 11 is 1.77. The SMILES string of the molecule is CCSc1ccc(C(=O)Nc2cc(C)nc(N3CCC(F)(F)CC3)n2)c(N2CCC3(CC2)CC3)c1. The molecule has 1 aromatic heterocycles. The number of aryl methyl sites for hydroxylation is 1. The van der Waals surface area contributed by atoms with Gasteiger partial charge < -0.3 is 15.1 Å². The summed E-state index contributed by atoms with van der Waals surface area (Å²) < 4.78 is 27.2. The van der Waals surface area contributed by atoms with Gasteiger partial charge in [-0.05, 0) is 62.0 Å². The summed E-state index contributed by atoms with van der Waals surface area (Å²) in [7, 11) is 0. The van der Waals surface area contributed by atoms with E-state index < -0.39 is 5.92 Å². The van der Waals surface area contributed by atoms with E-state index in [2.05, 4.69) is 33.2 Å². The van der Waals surface area contributed by atoms with Gasteiger partial charge in [-0.15, -0.1) is 11.8 Å². The van der Waals surface area contributed by atoms with Crippen molar-refractivity contribution in [2.45, 2.75) is 63.2 Å². The summed E-state index contributed by atoms with van der Waals surface area (Å²) in [5.41, 5.74) is 2.85. The van der Waals surface area contributed by atoms with Gasteiger partial charge in [-0.1, -0.05) is 6.92 Å². The van der Waals surface area contributed by atoms with E-state index in [0.29, 0.717) is 28.4 Å². The lowest BCUT2D eigenvalue weighted by Gasteiger charge is -2.35. The van der Waals surface area contributed by atoms with Crippen LogP contribution in [0.2, 0.25) is 0 Å². The third kappa shape index (κ3) is 5.55. The number of hydrogen-bond acceptors (Lipinski definition) is 6. The number of carbonyl (C=O) groups is 1. The first kappa shape index (κ1) is 24.3. The number of aromatic nitrogens is 2. The van der Waals surface area contributed by atoms with E-state index in [1.54, 1.807) is 22.7 Å². The second-order valence-electron chi connectivity index (χ2n) is 10.1. The Morgan fingerprint density at radius 1 is 1.00 bits per heavy atom. The van der Waals surface area contributed by atoms with Gasteiger partial charge in [-0.2, -0.15) is 4.98 Å².